The lowest BCUT2D eigenvalue weighted by atomic mass is 10.1. The quantitative estimate of drug-likeness (QED) is 0.824. The van der Waals surface area contributed by atoms with Gasteiger partial charge in [-0.2, -0.15) is 9.57 Å². The molecule has 0 aliphatic heterocycles. The van der Waals surface area contributed by atoms with Crippen LogP contribution < -0.4 is 0 Å². The number of benzene rings is 1. The van der Waals surface area contributed by atoms with Crippen molar-refractivity contribution in [1.29, 1.82) is 5.26 Å². The number of hydrogen-bond donors (Lipinski definition) is 1. The molecule has 0 atom stereocenters. The lowest BCUT2D eigenvalue weighted by Crippen LogP contribution is -2.39. The van der Waals surface area contributed by atoms with E-state index in [9.17, 15) is 13.2 Å². The summed E-state index contributed by atoms with van der Waals surface area (Å²) >= 11 is 0. The summed E-state index contributed by atoms with van der Waals surface area (Å²) in [5, 5.41) is 17.7. The molecule has 1 N–H and O–H groups in total. The fourth-order valence-electron chi connectivity index (χ4n) is 1.96. The zero-order valence-corrected chi connectivity index (χ0v) is 12.8. The van der Waals surface area contributed by atoms with Crippen LogP contribution in [0.15, 0.2) is 24.3 Å². The molecule has 7 heteroatoms. The molecular formula is C14H18N2O4S. The Morgan fingerprint density at radius 1 is 1.38 bits per heavy atom. The van der Waals surface area contributed by atoms with Gasteiger partial charge in [0.2, 0.25) is 10.0 Å². The van der Waals surface area contributed by atoms with Gasteiger partial charge in [0, 0.05) is 12.6 Å². The number of nitrogens with zero attached hydrogens (tertiary/aromatic N) is 2. The summed E-state index contributed by atoms with van der Waals surface area (Å²) in [6.45, 7) is 3.30. The standard InChI is InChI=1S/C14H18N2O4S/c1-11(2)16(8-7-14(17)18)21(19,20)10-13-6-4-3-5-12(13)9-15/h3-6,11H,7-8,10H2,1-2H3,(H,17,18). The van der Waals surface area contributed by atoms with Crippen molar-refractivity contribution in [3.05, 3.63) is 35.4 Å². The van der Waals surface area contributed by atoms with E-state index in [-0.39, 0.29) is 24.8 Å². The van der Waals surface area contributed by atoms with E-state index < -0.39 is 16.0 Å². The predicted molar refractivity (Wildman–Crippen MR) is 77.9 cm³/mol. The molecule has 0 radical (unpaired) electrons. The van der Waals surface area contributed by atoms with Gasteiger partial charge in [0.05, 0.1) is 23.8 Å². The van der Waals surface area contributed by atoms with Crippen molar-refractivity contribution in [2.24, 2.45) is 0 Å². The summed E-state index contributed by atoms with van der Waals surface area (Å²) in [5.41, 5.74) is 0.726. The summed E-state index contributed by atoms with van der Waals surface area (Å²) in [6, 6.07) is 8.10. The highest BCUT2D eigenvalue weighted by molar-refractivity contribution is 7.88. The Morgan fingerprint density at radius 3 is 2.52 bits per heavy atom. The van der Waals surface area contributed by atoms with Crippen molar-refractivity contribution in [1.82, 2.24) is 4.31 Å². The van der Waals surface area contributed by atoms with E-state index in [2.05, 4.69) is 0 Å². The van der Waals surface area contributed by atoms with Crippen LogP contribution in [0, 0.1) is 11.3 Å². The van der Waals surface area contributed by atoms with Gasteiger partial charge >= 0.3 is 5.97 Å². The minimum absolute atomic E-state index is 0.0793. The molecule has 0 aliphatic carbocycles. The highest BCUT2D eigenvalue weighted by atomic mass is 32.2. The van der Waals surface area contributed by atoms with Crippen molar-refractivity contribution in [2.75, 3.05) is 6.54 Å². The van der Waals surface area contributed by atoms with Crippen LogP contribution >= 0.6 is 0 Å². The second kappa shape index (κ2) is 7.20. The van der Waals surface area contributed by atoms with E-state index >= 15 is 0 Å². The maximum Gasteiger partial charge on any atom is 0.304 e. The van der Waals surface area contributed by atoms with Crippen LogP contribution in [-0.2, 0) is 20.6 Å². The molecule has 21 heavy (non-hydrogen) atoms. The average Bonchev–Trinajstić information content (AvgIpc) is 2.37. The second-order valence-corrected chi connectivity index (χ2v) is 6.79. The van der Waals surface area contributed by atoms with Crippen molar-refractivity contribution in [3.8, 4) is 6.07 Å². The summed E-state index contributed by atoms with van der Waals surface area (Å²) in [5.74, 6) is -1.36. The number of carboxylic acid groups (broad SMARTS) is 1. The number of rotatable bonds is 7. The van der Waals surface area contributed by atoms with E-state index in [4.69, 9.17) is 10.4 Å². The maximum absolute atomic E-state index is 12.4. The van der Waals surface area contributed by atoms with Gasteiger partial charge in [0.25, 0.3) is 0 Å². The zero-order valence-electron chi connectivity index (χ0n) is 12.0. The third kappa shape index (κ3) is 4.85. The lowest BCUT2D eigenvalue weighted by Gasteiger charge is -2.25. The van der Waals surface area contributed by atoms with E-state index in [0.29, 0.717) is 11.1 Å². The molecule has 0 saturated carbocycles. The minimum atomic E-state index is -3.68. The number of hydrogen-bond acceptors (Lipinski definition) is 4. The molecule has 1 aromatic rings. The second-order valence-electron chi connectivity index (χ2n) is 4.87. The van der Waals surface area contributed by atoms with Gasteiger partial charge in [0.1, 0.15) is 0 Å². The first kappa shape index (κ1) is 17.1. The van der Waals surface area contributed by atoms with E-state index in [1.54, 1.807) is 38.1 Å². The smallest absolute Gasteiger partial charge is 0.304 e. The molecule has 1 rings (SSSR count). The van der Waals surface area contributed by atoms with Crippen LogP contribution in [0.25, 0.3) is 0 Å². The van der Waals surface area contributed by atoms with Crippen LogP contribution in [0.1, 0.15) is 31.4 Å². The third-order valence-corrected chi connectivity index (χ3v) is 4.95. The number of sulfonamides is 1. The Hall–Kier alpha value is -1.91. The molecule has 0 fully saturated rings. The highest BCUT2D eigenvalue weighted by Gasteiger charge is 2.26. The number of nitriles is 1. The Labute approximate surface area is 124 Å². The summed E-state index contributed by atoms with van der Waals surface area (Å²) in [6.07, 6.45) is -0.253. The van der Waals surface area contributed by atoms with Gasteiger partial charge in [-0.25, -0.2) is 8.42 Å². The molecule has 0 saturated heterocycles. The molecule has 0 aromatic heterocycles. The Bertz CT molecular complexity index is 647. The molecule has 1 aromatic carbocycles. The van der Waals surface area contributed by atoms with Crippen LogP contribution in [0.2, 0.25) is 0 Å². The molecule has 0 bridgehead atoms. The monoisotopic (exact) mass is 310 g/mol. The van der Waals surface area contributed by atoms with Crippen molar-refractivity contribution in [2.45, 2.75) is 32.1 Å². The largest absolute Gasteiger partial charge is 0.481 e. The van der Waals surface area contributed by atoms with Crippen molar-refractivity contribution >= 4 is 16.0 Å². The lowest BCUT2D eigenvalue weighted by molar-refractivity contribution is -0.137. The summed E-state index contributed by atoms with van der Waals surface area (Å²) in [4.78, 5) is 10.6. The van der Waals surface area contributed by atoms with Crippen molar-refractivity contribution < 1.29 is 18.3 Å². The predicted octanol–water partition coefficient (Wildman–Crippen LogP) is 1.57. The average molecular weight is 310 g/mol. The van der Waals surface area contributed by atoms with Gasteiger partial charge in [0.15, 0.2) is 0 Å². The zero-order chi connectivity index (χ0) is 16.0. The third-order valence-electron chi connectivity index (χ3n) is 2.96. The molecule has 0 amide bonds. The Balaban J connectivity index is 3.02. The molecule has 0 unspecified atom stereocenters. The summed E-state index contributed by atoms with van der Waals surface area (Å²) < 4.78 is 26.1. The molecule has 6 nitrogen and oxygen atoms in total. The number of carboxylic acids is 1. The van der Waals surface area contributed by atoms with E-state index in [0.717, 1.165) is 4.31 Å². The van der Waals surface area contributed by atoms with Crippen LogP contribution in [0.5, 0.6) is 0 Å². The first-order valence-corrected chi connectivity index (χ1v) is 8.08. The van der Waals surface area contributed by atoms with Crippen LogP contribution in [0.4, 0.5) is 0 Å². The molecule has 0 spiro atoms. The van der Waals surface area contributed by atoms with Gasteiger partial charge in [-0.1, -0.05) is 18.2 Å². The number of carbonyl (C=O) groups is 1. The molecule has 0 aliphatic rings. The normalized spacial score (nSPS) is 11.6. The van der Waals surface area contributed by atoms with Gasteiger partial charge in [-0.05, 0) is 25.5 Å². The SMILES string of the molecule is CC(C)N(CCC(=O)O)S(=O)(=O)Cc1ccccc1C#N. The van der Waals surface area contributed by atoms with Crippen LogP contribution in [-0.4, -0.2) is 36.4 Å². The first-order valence-electron chi connectivity index (χ1n) is 6.47. The van der Waals surface area contributed by atoms with Gasteiger partial charge in [-0.15, -0.1) is 0 Å². The summed E-state index contributed by atoms with van der Waals surface area (Å²) in [7, 11) is -3.68. The Kier molecular flexibility index (Phi) is 5.88. The first-order chi connectivity index (χ1) is 9.77. The van der Waals surface area contributed by atoms with Crippen LogP contribution in [0.3, 0.4) is 0 Å². The fourth-order valence-corrected chi connectivity index (χ4v) is 3.78. The maximum atomic E-state index is 12.4. The van der Waals surface area contributed by atoms with Gasteiger partial charge < -0.3 is 5.11 Å². The Morgan fingerprint density at radius 2 is 2.00 bits per heavy atom. The topological polar surface area (TPSA) is 98.5 Å². The molecular weight excluding hydrogens is 292 g/mol. The molecule has 114 valence electrons. The highest BCUT2D eigenvalue weighted by Crippen LogP contribution is 2.17. The van der Waals surface area contributed by atoms with Gasteiger partial charge in [-0.3, -0.25) is 4.79 Å². The van der Waals surface area contributed by atoms with E-state index in [1.807, 2.05) is 6.07 Å². The fraction of sp³-hybridized carbons (Fsp3) is 0.429. The van der Waals surface area contributed by atoms with Crippen molar-refractivity contribution in [3.63, 3.8) is 0 Å². The minimum Gasteiger partial charge on any atom is -0.481 e. The molecule has 0 heterocycles. The van der Waals surface area contributed by atoms with E-state index in [1.165, 1.54) is 0 Å². The number of aliphatic carboxylic acids is 1.